The highest BCUT2D eigenvalue weighted by atomic mass is 16.2. The van der Waals surface area contributed by atoms with Gasteiger partial charge in [-0.25, -0.2) is 0 Å². The van der Waals surface area contributed by atoms with E-state index < -0.39 is 0 Å². The molecule has 1 aliphatic heterocycles. The Hall–Kier alpha value is -3.66. The summed E-state index contributed by atoms with van der Waals surface area (Å²) in [6, 6.07) is 25.0. The Balaban J connectivity index is 1.75. The molecule has 2 amide bonds. The number of imide groups is 1. The van der Waals surface area contributed by atoms with Crippen LogP contribution in [0.5, 0.6) is 0 Å². The number of aryl methyl sites for hydroxylation is 2. The van der Waals surface area contributed by atoms with Gasteiger partial charge in [0.2, 0.25) is 0 Å². The monoisotopic (exact) mass is 382 g/mol. The summed E-state index contributed by atoms with van der Waals surface area (Å²) in [7, 11) is 0. The molecule has 1 N–H and O–H groups in total. The van der Waals surface area contributed by atoms with Gasteiger partial charge in [0.1, 0.15) is 5.70 Å². The third-order valence-corrected chi connectivity index (χ3v) is 4.98. The highest BCUT2D eigenvalue weighted by Crippen LogP contribution is 2.31. The number of carbonyl (C=O) groups excluding carboxylic acids is 2. The number of amides is 2. The van der Waals surface area contributed by atoms with Gasteiger partial charge in [-0.3, -0.25) is 14.5 Å². The minimum atomic E-state index is -0.309. The Bertz CT molecular complexity index is 1100. The maximum atomic E-state index is 13.3. The molecule has 4 rings (SSSR count). The molecule has 0 unspecified atom stereocenters. The first-order chi connectivity index (χ1) is 14.0. The third kappa shape index (κ3) is 3.83. The molecule has 0 saturated carbocycles. The van der Waals surface area contributed by atoms with Gasteiger partial charge in [0, 0.05) is 5.69 Å². The van der Waals surface area contributed by atoms with Crippen molar-refractivity contribution in [3.63, 3.8) is 0 Å². The number of hydrogen-bond acceptors (Lipinski definition) is 3. The lowest BCUT2D eigenvalue weighted by molar-refractivity contribution is -0.137. The van der Waals surface area contributed by atoms with Crippen LogP contribution in [0.25, 0.3) is 5.57 Å². The molecule has 29 heavy (non-hydrogen) atoms. The molecule has 0 radical (unpaired) electrons. The Morgan fingerprint density at radius 2 is 1.48 bits per heavy atom. The number of nitrogens with zero attached hydrogens (tertiary/aromatic N) is 1. The lowest BCUT2D eigenvalue weighted by Crippen LogP contribution is -2.31. The van der Waals surface area contributed by atoms with E-state index in [4.69, 9.17) is 0 Å². The first kappa shape index (κ1) is 18.7. The standard InChI is InChI=1S/C25H22N2O2/c1-17-11-13-20(14-12-17)22-23(26-21-10-6-7-18(2)15-21)25(29)27(24(22)28)16-19-8-4-3-5-9-19/h3-15,26H,16H2,1-2H3. The van der Waals surface area contributed by atoms with Crippen LogP contribution in [-0.4, -0.2) is 16.7 Å². The Labute approximate surface area is 170 Å². The van der Waals surface area contributed by atoms with Crippen LogP contribution < -0.4 is 5.32 Å². The van der Waals surface area contributed by atoms with Gasteiger partial charge in [-0.05, 0) is 42.7 Å². The lowest BCUT2D eigenvalue weighted by atomic mass is 10.0. The molecular weight excluding hydrogens is 360 g/mol. The average molecular weight is 382 g/mol. The van der Waals surface area contributed by atoms with E-state index in [2.05, 4.69) is 5.32 Å². The van der Waals surface area contributed by atoms with Gasteiger partial charge in [0.25, 0.3) is 11.8 Å². The molecule has 0 aromatic heterocycles. The van der Waals surface area contributed by atoms with Crippen molar-refractivity contribution in [3.8, 4) is 0 Å². The summed E-state index contributed by atoms with van der Waals surface area (Å²) < 4.78 is 0. The molecule has 1 heterocycles. The topological polar surface area (TPSA) is 49.4 Å². The van der Waals surface area contributed by atoms with E-state index in [1.54, 1.807) is 0 Å². The summed E-state index contributed by atoms with van der Waals surface area (Å²) in [5.41, 5.74) is 5.33. The molecule has 144 valence electrons. The van der Waals surface area contributed by atoms with Gasteiger partial charge in [-0.1, -0.05) is 72.3 Å². The van der Waals surface area contributed by atoms with Crippen molar-refractivity contribution in [1.82, 2.24) is 4.90 Å². The summed E-state index contributed by atoms with van der Waals surface area (Å²) in [6.07, 6.45) is 0. The summed E-state index contributed by atoms with van der Waals surface area (Å²) in [6.45, 7) is 4.23. The normalized spacial score (nSPS) is 13.9. The first-order valence-electron chi connectivity index (χ1n) is 9.58. The lowest BCUT2D eigenvalue weighted by Gasteiger charge is -2.15. The number of carbonyl (C=O) groups is 2. The van der Waals surface area contributed by atoms with E-state index in [9.17, 15) is 9.59 Å². The van der Waals surface area contributed by atoms with E-state index in [0.29, 0.717) is 11.3 Å². The predicted octanol–water partition coefficient (Wildman–Crippen LogP) is 4.70. The number of anilines is 1. The van der Waals surface area contributed by atoms with Gasteiger partial charge in [0.15, 0.2) is 0 Å². The third-order valence-electron chi connectivity index (χ3n) is 4.98. The summed E-state index contributed by atoms with van der Waals surface area (Å²) >= 11 is 0. The molecule has 0 saturated heterocycles. The van der Waals surface area contributed by atoms with Crippen LogP contribution >= 0.6 is 0 Å². The fourth-order valence-corrected chi connectivity index (χ4v) is 3.46. The molecule has 3 aromatic rings. The zero-order valence-corrected chi connectivity index (χ0v) is 16.5. The molecule has 0 atom stereocenters. The SMILES string of the molecule is Cc1ccc(C2=C(Nc3cccc(C)c3)C(=O)N(Cc3ccccc3)C2=O)cc1. The zero-order chi connectivity index (χ0) is 20.4. The van der Waals surface area contributed by atoms with Gasteiger partial charge in [-0.2, -0.15) is 0 Å². The van der Waals surface area contributed by atoms with Crippen LogP contribution in [0.2, 0.25) is 0 Å². The van der Waals surface area contributed by atoms with Crippen molar-refractivity contribution in [2.24, 2.45) is 0 Å². The van der Waals surface area contributed by atoms with Crippen molar-refractivity contribution >= 4 is 23.1 Å². The molecule has 1 aliphatic rings. The first-order valence-corrected chi connectivity index (χ1v) is 9.58. The van der Waals surface area contributed by atoms with E-state index in [0.717, 1.165) is 27.9 Å². The fraction of sp³-hybridized carbons (Fsp3) is 0.120. The zero-order valence-electron chi connectivity index (χ0n) is 16.5. The van der Waals surface area contributed by atoms with Crippen LogP contribution in [-0.2, 0) is 16.1 Å². The van der Waals surface area contributed by atoms with Crippen molar-refractivity contribution < 1.29 is 9.59 Å². The average Bonchev–Trinajstić information content (AvgIpc) is 2.94. The molecule has 0 aliphatic carbocycles. The van der Waals surface area contributed by atoms with E-state index in [1.165, 1.54) is 4.90 Å². The van der Waals surface area contributed by atoms with E-state index >= 15 is 0 Å². The van der Waals surface area contributed by atoms with E-state index in [-0.39, 0.29) is 18.4 Å². The van der Waals surface area contributed by atoms with Crippen molar-refractivity contribution in [2.45, 2.75) is 20.4 Å². The minimum absolute atomic E-state index is 0.243. The van der Waals surface area contributed by atoms with Gasteiger partial charge in [0.05, 0.1) is 12.1 Å². The van der Waals surface area contributed by atoms with E-state index in [1.807, 2.05) is 92.7 Å². The minimum Gasteiger partial charge on any atom is -0.350 e. The maximum absolute atomic E-state index is 13.3. The van der Waals surface area contributed by atoms with Crippen molar-refractivity contribution in [2.75, 3.05) is 5.32 Å². The number of benzene rings is 3. The van der Waals surface area contributed by atoms with Gasteiger partial charge < -0.3 is 5.32 Å². The molecule has 4 nitrogen and oxygen atoms in total. The summed E-state index contributed by atoms with van der Waals surface area (Å²) in [4.78, 5) is 27.8. The fourth-order valence-electron chi connectivity index (χ4n) is 3.46. The maximum Gasteiger partial charge on any atom is 0.278 e. The number of rotatable bonds is 5. The molecule has 0 bridgehead atoms. The molecular formula is C25H22N2O2. The molecule has 3 aromatic carbocycles. The Kier molecular flexibility index (Phi) is 5.00. The number of hydrogen-bond donors (Lipinski definition) is 1. The van der Waals surface area contributed by atoms with Crippen molar-refractivity contribution in [3.05, 3.63) is 107 Å². The second-order valence-electron chi connectivity index (χ2n) is 7.29. The predicted molar refractivity (Wildman–Crippen MR) is 115 cm³/mol. The second kappa shape index (κ2) is 7.76. The highest BCUT2D eigenvalue weighted by molar-refractivity contribution is 6.36. The Morgan fingerprint density at radius 3 is 2.17 bits per heavy atom. The van der Waals surface area contributed by atoms with Crippen LogP contribution in [0, 0.1) is 13.8 Å². The molecule has 4 heteroatoms. The highest BCUT2D eigenvalue weighted by Gasteiger charge is 2.39. The smallest absolute Gasteiger partial charge is 0.278 e. The quantitative estimate of drug-likeness (QED) is 0.651. The van der Waals surface area contributed by atoms with Gasteiger partial charge in [-0.15, -0.1) is 0 Å². The van der Waals surface area contributed by atoms with Crippen LogP contribution in [0.4, 0.5) is 5.69 Å². The largest absolute Gasteiger partial charge is 0.350 e. The van der Waals surface area contributed by atoms with Crippen LogP contribution in [0.1, 0.15) is 22.3 Å². The summed E-state index contributed by atoms with van der Waals surface area (Å²) in [5.74, 6) is -0.589. The van der Waals surface area contributed by atoms with Gasteiger partial charge >= 0.3 is 0 Å². The number of nitrogens with one attached hydrogen (secondary N) is 1. The van der Waals surface area contributed by atoms with Crippen LogP contribution in [0.3, 0.4) is 0 Å². The molecule has 0 spiro atoms. The molecule has 0 fully saturated rings. The Morgan fingerprint density at radius 1 is 0.759 bits per heavy atom. The summed E-state index contributed by atoms with van der Waals surface area (Å²) in [5, 5.41) is 3.21. The van der Waals surface area contributed by atoms with Crippen LogP contribution in [0.15, 0.2) is 84.6 Å². The van der Waals surface area contributed by atoms with Crippen molar-refractivity contribution in [1.29, 1.82) is 0 Å². The second-order valence-corrected chi connectivity index (χ2v) is 7.29.